The Morgan fingerprint density at radius 2 is 1.86 bits per heavy atom. The van der Waals surface area contributed by atoms with Gasteiger partial charge in [0.15, 0.2) is 0 Å². The summed E-state index contributed by atoms with van der Waals surface area (Å²) in [4.78, 5) is 42.8. The first kappa shape index (κ1) is 19.3. The fourth-order valence-electron chi connectivity index (χ4n) is 3.02. The summed E-state index contributed by atoms with van der Waals surface area (Å²) >= 11 is 0. The molecule has 0 bridgehead atoms. The Balaban J connectivity index is 1.92. The van der Waals surface area contributed by atoms with E-state index >= 15 is 0 Å². The third kappa shape index (κ3) is 3.64. The summed E-state index contributed by atoms with van der Waals surface area (Å²) in [6.45, 7) is 4.08. The van der Waals surface area contributed by atoms with Gasteiger partial charge in [-0.2, -0.15) is 0 Å². The average Bonchev–Trinajstić information content (AvgIpc) is 2.68. The van der Waals surface area contributed by atoms with Gasteiger partial charge in [-0.3, -0.25) is 14.4 Å². The van der Waals surface area contributed by atoms with Crippen LogP contribution in [-0.2, 0) is 6.54 Å². The predicted molar refractivity (Wildman–Crippen MR) is 109 cm³/mol. The normalized spacial score (nSPS) is 10.7. The quantitative estimate of drug-likeness (QED) is 0.756. The zero-order valence-electron chi connectivity index (χ0n) is 16.3. The lowest BCUT2D eigenvalue weighted by Crippen LogP contribution is -2.23. The van der Waals surface area contributed by atoms with Gasteiger partial charge >= 0.3 is 0 Å². The molecule has 1 heterocycles. The second-order valence-electron chi connectivity index (χ2n) is 6.68. The van der Waals surface area contributed by atoms with Crippen molar-refractivity contribution in [3.63, 3.8) is 0 Å². The van der Waals surface area contributed by atoms with E-state index in [0.29, 0.717) is 40.1 Å². The molecule has 0 spiro atoms. The highest BCUT2D eigenvalue weighted by Gasteiger charge is 2.13. The monoisotopic (exact) mass is 378 g/mol. The van der Waals surface area contributed by atoms with Crippen molar-refractivity contribution in [1.82, 2.24) is 14.5 Å². The van der Waals surface area contributed by atoms with E-state index in [9.17, 15) is 14.4 Å². The molecule has 0 aliphatic heterocycles. The summed E-state index contributed by atoms with van der Waals surface area (Å²) in [5.41, 5.74) is 2.98. The van der Waals surface area contributed by atoms with Crippen molar-refractivity contribution in [3.05, 3.63) is 69.6 Å². The number of aromatic nitrogens is 2. The maximum absolute atomic E-state index is 12.7. The van der Waals surface area contributed by atoms with Crippen molar-refractivity contribution < 1.29 is 9.59 Å². The third-order valence-corrected chi connectivity index (χ3v) is 4.46. The maximum Gasteiger partial charge on any atom is 0.272 e. The Hall–Kier alpha value is -3.48. The van der Waals surface area contributed by atoms with Crippen LogP contribution < -0.4 is 10.9 Å². The summed E-state index contributed by atoms with van der Waals surface area (Å²) in [6.07, 6.45) is 0. The number of amides is 2. The van der Waals surface area contributed by atoms with Gasteiger partial charge in [0.2, 0.25) is 0 Å². The molecule has 0 atom stereocenters. The van der Waals surface area contributed by atoms with Gasteiger partial charge in [-0.15, -0.1) is 0 Å². The Morgan fingerprint density at radius 3 is 2.54 bits per heavy atom. The SMILES string of the molecule is CCn1c(=O)c(C)nc2cc(C(=O)Nc3cccc(C(=O)N(C)C)c3)ccc21. The van der Waals surface area contributed by atoms with E-state index in [1.807, 2.05) is 6.92 Å². The summed E-state index contributed by atoms with van der Waals surface area (Å²) < 4.78 is 1.63. The molecule has 7 heteroatoms. The number of nitrogens with one attached hydrogen (secondary N) is 1. The van der Waals surface area contributed by atoms with Crippen LogP contribution in [0.4, 0.5) is 5.69 Å². The van der Waals surface area contributed by atoms with Crippen molar-refractivity contribution in [1.29, 1.82) is 0 Å². The van der Waals surface area contributed by atoms with Gasteiger partial charge in [0.1, 0.15) is 5.69 Å². The van der Waals surface area contributed by atoms with Gasteiger partial charge in [-0.05, 0) is 50.2 Å². The van der Waals surface area contributed by atoms with Gasteiger partial charge in [-0.1, -0.05) is 6.07 Å². The number of nitrogens with zero attached hydrogens (tertiary/aromatic N) is 3. The molecule has 144 valence electrons. The zero-order valence-corrected chi connectivity index (χ0v) is 16.3. The molecule has 0 aliphatic carbocycles. The zero-order chi connectivity index (χ0) is 20.4. The first-order valence-corrected chi connectivity index (χ1v) is 8.96. The van der Waals surface area contributed by atoms with Crippen LogP contribution in [-0.4, -0.2) is 40.4 Å². The molecule has 0 fully saturated rings. The largest absolute Gasteiger partial charge is 0.345 e. The van der Waals surface area contributed by atoms with Gasteiger partial charge in [-0.25, -0.2) is 4.98 Å². The van der Waals surface area contributed by atoms with Crippen LogP contribution in [0.25, 0.3) is 11.0 Å². The highest BCUT2D eigenvalue weighted by atomic mass is 16.2. The summed E-state index contributed by atoms with van der Waals surface area (Å²) in [5, 5.41) is 2.81. The topological polar surface area (TPSA) is 84.3 Å². The van der Waals surface area contributed by atoms with E-state index in [0.717, 1.165) is 0 Å². The van der Waals surface area contributed by atoms with Crippen LogP contribution >= 0.6 is 0 Å². The van der Waals surface area contributed by atoms with E-state index in [-0.39, 0.29) is 17.4 Å². The number of rotatable bonds is 4. The fraction of sp³-hybridized carbons (Fsp3) is 0.238. The minimum Gasteiger partial charge on any atom is -0.345 e. The molecule has 0 aliphatic rings. The molecule has 0 radical (unpaired) electrons. The van der Waals surface area contributed by atoms with Crippen LogP contribution in [0.2, 0.25) is 0 Å². The van der Waals surface area contributed by atoms with E-state index < -0.39 is 0 Å². The number of hydrogen-bond acceptors (Lipinski definition) is 4. The number of hydrogen-bond donors (Lipinski definition) is 1. The highest BCUT2D eigenvalue weighted by Crippen LogP contribution is 2.17. The van der Waals surface area contributed by atoms with E-state index in [4.69, 9.17) is 0 Å². The molecule has 3 rings (SSSR count). The van der Waals surface area contributed by atoms with E-state index in [1.165, 1.54) is 4.90 Å². The smallest absolute Gasteiger partial charge is 0.272 e. The van der Waals surface area contributed by atoms with Gasteiger partial charge in [0, 0.05) is 37.5 Å². The molecule has 0 unspecified atom stereocenters. The third-order valence-electron chi connectivity index (χ3n) is 4.46. The van der Waals surface area contributed by atoms with Crippen LogP contribution in [0.3, 0.4) is 0 Å². The molecule has 7 nitrogen and oxygen atoms in total. The van der Waals surface area contributed by atoms with Crippen LogP contribution in [0.5, 0.6) is 0 Å². The average molecular weight is 378 g/mol. The Bertz CT molecular complexity index is 1130. The molecular formula is C21H22N4O3. The van der Waals surface area contributed by atoms with Crippen LogP contribution in [0.15, 0.2) is 47.3 Å². The van der Waals surface area contributed by atoms with Gasteiger partial charge < -0.3 is 14.8 Å². The van der Waals surface area contributed by atoms with Crippen LogP contribution in [0.1, 0.15) is 33.3 Å². The van der Waals surface area contributed by atoms with Crippen molar-refractivity contribution in [3.8, 4) is 0 Å². The lowest BCUT2D eigenvalue weighted by Gasteiger charge is -2.12. The maximum atomic E-state index is 12.7. The molecule has 1 N–H and O–H groups in total. The minimum absolute atomic E-state index is 0.130. The number of carbonyl (C=O) groups excluding carboxylic acids is 2. The van der Waals surface area contributed by atoms with Crippen molar-refractivity contribution in [2.45, 2.75) is 20.4 Å². The van der Waals surface area contributed by atoms with Gasteiger partial charge in [0.25, 0.3) is 17.4 Å². The Labute approximate surface area is 162 Å². The molecule has 28 heavy (non-hydrogen) atoms. The van der Waals surface area contributed by atoms with Crippen molar-refractivity contribution >= 4 is 28.5 Å². The van der Waals surface area contributed by atoms with E-state index in [1.54, 1.807) is 68.1 Å². The van der Waals surface area contributed by atoms with Crippen molar-refractivity contribution in [2.75, 3.05) is 19.4 Å². The highest BCUT2D eigenvalue weighted by molar-refractivity contribution is 6.06. The summed E-state index contributed by atoms with van der Waals surface area (Å²) in [5.74, 6) is -0.455. The molecule has 0 saturated carbocycles. The first-order valence-electron chi connectivity index (χ1n) is 8.96. The number of carbonyl (C=O) groups is 2. The first-order chi connectivity index (χ1) is 13.3. The second-order valence-corrected chi connectivity index (χ2v) is 6.68. The van der Waals surface area contributed by atoms with Crippen molar-refractivity contribution in [2.24, 2.45) is 0 Å². The number of anilines is 1. The summed E-state index contributed by atoms with van der Waals surface area (Å²) in [6, 6.07) is 11.8. The Morgan fingerprint density at radius 1 is 1.11 bits per heavy atom. The fourth-order valence-corrected chi connectivity index (χ4v) is 3.02. The summed E-state index contributed by atoms with van der Waals surface area (Å²) in [7, 11) is 3.35. The van der Waals surface area contributed by atoms with Crippen LogP contribution in [0, 0.1) is 6.92 Å². The molecular weight excluding hydrogens is 356 g/mol. The molecule has 0 saturated heterocycles. The molecule has 3 aromatic rings. The van der Waals surface area contributed by atoms with E-state index in [2.05, 4.69) is 10.3 Å². The molecule has 2 amide bonds. The van der Waals surface area contributed by atoms with Gasteiger partial charge in [0.05, 0.1) is 11.0 Å². The molecule has 2 aromatic carbocycles. The second kappa shape index (κ2) is 7.64. The standard InChI is InChI=1S/C21H22N4O3/c1-5-25-18-10-9-14(12-17(18)22-13(2)20(25)27)19(26)23-16-8-6-7-15(11-16)21(28)24(3)4/h6-12H,5H2,1-4H3,(H,23,26). The molecule has 1 aromatic heterocycles. The number of fused-ring (bicyclic) bond motifs is 1. The Kier molecular flexibility index (Phi) is 5.26. The lowest BCUT2D eigenvalue weighted by molar-refractivity contribution is 0.0827. The predicted octanol–water partition coefficient (Wildman–Crippen LogP) is 2.68. The lowest BCUT2D eigenvalue weighted by atomic mass is 10.1. The number of benzene rings is 2. The number of aryl methyl sites for hydroxylation is 2. The minimum atomic E-state index is -0.315.